The molecule has 2 aromatic heterocycles. The maximum absolute atomic E-state index is 13.4. The highest BCUT2D eigenvalue weighted by atomic mass is 19.4. The van der Waals surface area contributed by atoms with Crippen molar-refractivity contribution in [2.45, 2.75) is 25.9 Å². The normalized spacial score (nSPS) is 14.6. The number of halogens is 3. The molecule has 0 spiro atoms. The van der Waals surface area contributed by atoms with E-state index in [9.17, 15) is 18.0 Å². The molecule has 4 rings (SSSR count). The Bertz CT molecular complexity index is 1010. The molecule has 2 N–H and O–H groups in total. The Morgan fingerprint density at radius 2 is 2.04 bits per heavy atom. The number of aromatic nitrogens is 3. The number of pyridine rings is 1. The Morgan fingerprint density at radius 1 is 1.27 bits per heavy atom. The number of H-pyrrole nitrogens is 1. The van der Waals surface area contributed by atoms with E-state index in [-0.39, 0.29) is 29.0 Å². The molecule has 5 nitrogen and oxygen atoms in total. The largest absolute Gasteiger partial charge is 0.417 e. The van der Waals surface area contributed by atoms with Gasteiger partial charge in [0.25, 0.3) is 0 Å². The van der Waals surface area contributed by atoms with E-state index < -0.39 is 11.7 Å². The zero-order valence-electron chi connectivity index (χ0n) is 13.8. The fraction of sp³-hybridized carbons (Fsp3) is 0.278. The number of hydrogen-bond donors (Lipinski definition) is 2. The Morgan fingerprint density at radius 3 is 2.73 bits per heavy atom. The first-order chi connectivity index (χ1) is 12.3. The molecule has 0 bridgehead atoms. The lowest BCUT2D eigenvalue weighted by Gasteiger charge is -2.13. The van der Waals surface area contributed by atoms with Crippen LogP contribution in [0.1, 0.15) is 24.0 Å². The van der Waals surface area contributed by atoms with Gasteiger partial charge in [0, 0.05) is 17.7 Å². The molecule has 2 heterocycles. The van der Waals surface area contributed by atoms with Gasteiger partial charge in [-0.05, 0) is 37.5 Å². The molecular weight excluding hydrogens is 345 g/mol. The molecule has 3 aromatic rings. The highest BCUT2D eigenvalue weighted by Crippen LogP contribution is 2.39. The number of aromatic amines is 1. The number of hydrogen-bond acceptors (Lipinski definition) is 3. The molecule has 26 heavy (non-hydrogen) atoms. The summed E-state index contributed by atoms with van der Waals surface area (Å²) in [4.78, 5) is 23.3. The van der Waals surface area contributed by atoms with Crippen LogP contribution in [0.15, 0.2) is 30.5 Å². The van der Waals surface area contributed by atoms with Crippen LogP contribution in [0.2, 0.25) is 0 Å². The van der Waals surface area contributed by atoms with Crippen molar-refractivity contribution in [1.82, 2.24) is 15.0 Å². The second kappa shape index (κ2) is 5.82. The van der Waals surface area contributed by atoms with Crippen molar-refractivity contribution in [1.29, 1.82) is 0 Å². The third-order valence-electron chi connectivity index (χ3n) is 4.41. The maximum atomic E-state index is 13.4. The summed E-state index contributed by atoms with van der Waals surface area (Å²) in [5.41, 5.74) is 0.546. The number of anilines is 1. The molecule has 134 valence electrons. The number of rotatable bonds is 3. The third-order valence-corrected chi connectivity index (χ3v) is 4.41. The number of carbonyl (C=O) groups is 1. The van der Waals surface area contributed by atoms with E-state index in [2.05, 4.69) is 20.3 Å². The first kappa shape index (κ1) is 16.6. The Hall–Kier alpha value is -2.90. The Balaban J connectivity index is 1.83. The topological polar surface area (TPSA) is 70.7 Å². The van der Waals surface area contributed by atoms with Gasteiger partial charge in [0.1, 0.15) is 11.3 Å². The number of carbonyl (C=O) groups excluding carboxylic acids is 1. The summed E-state index contributed by atoms with van der Waals surface area (Å²) in [6, 6.07) is 5.59. The number of fused-ring (bicyclic) bond motifs is 1. The van der Waals surface area contributed by atoms with Crippen molar-refractivity contribution in [2.24, 2.45) is 5.92 Å². The Labute approximate surface area is 146 Å². The summed E-state index contributed by atoms with van der Waals surface area (Å²) in [5, 5.41) is 2.73. The van der Waals surface area contributed by atoms with Crippen LogP contribution < -0.4 is 5.32 Å². The number of aryl methyl sites for hydroxylation is 1. The highest BCUT2D eigenvalue weighted by molar-refractivity contribution is 6.00. The first-order valence-electron chi connectivity index (χ1n) is 8.17. The van der Waals surface area contributed by atoms with Crippen LogP contribution in [-0.2, 0) is 11.0 Å². The number of alkyl halides is 3. The van der Waals surface area contributed by atoms with Gasteiger partial charge in [-0.15, -0.1) is 0 Å². The molecule has 0 radical (unpaired) electrons. The van der Waals surface area contributed by atoms with Crippen LogP contribution in [0, 0.1) is 12.8 Å². The Kier molecular flexibility index (Phi) is 3.71. The molecular formula is C18H15F3N4O. The van der Waals surface area contributed by atoms with Crippen molar-refractivity contribution in [3.05, 3.63) is 41.6 Å². The summed E-state index contributed by atoms with van der Waals surface area (Å²) < 4.78 is 40.2. The summed E-state index contributed by atoms with van der Waals surface area (Å²) >= 11 is 0. The van der Waals surface area contributed by atoms with E-state index in [4.69, 9.17) is 0 Å². The lowest BCUT2D eigenvalue weighted by Crippen LogP contribution is -2.14. The number of nitrogens with one attached hydrogen (secondary N) is 2. The first-order valence-corrected chi connectivity index (χ1v) is 8.17. The van der Waals surface area contributed by atoms with Crippen LogP contribution in [0.4, 0.5) is 19.0 Å². The zero-order valence-corrected chi connectivity index (χ0v) is 13.8. The van der Waals surface area contributed by atoms with Crippen LogP contribution in [-0.4, -0.2) is 20.9 Å². The minimum absolute atomic E-state index is 0.00401. The monoisotopic (exact) mass is 360 g/mol. The quantitative estimate of drug-likeness (QED) is 0.732. The van der Waals surface area contributed by atoms with Crippen molar-refractivity contribution in [2.75, 3.05) is 5.32 Å². The molecule has 0 unspecified atom stereocenters. The number of amides is 1. The summed E-state index contributed by atoms with van der Waals surface area (Å²) in [7, 11) is 0. The molecule has 1 amide bonds. The van der Waals surface area contributed by atoms with Gasteiger partial charge < -0.3 is 10.3 Å². The van der Waals surface area contributed by atoms with Crippen molar-refractivity contribution in [3.8, 4) is 11.4 Å². The van der Waals surface area contributed by atoms with Gasteiger partial charge in [-0.2, -0.15) is 13.2 Å². The van der Waals surface area contributed by atoms with Crippen LogP contribution in [0.5, 0.6) is 0 Å². The van der Waals surface area contributed by atoms with E-state index in [1.165, 1.54) is 12.3 Å². The standard InChI is InChI=1S/C18H15F3N4O/c1-9-3-2-4-11(18(19,20)21)13(9)15-23-12-7-8-22-16(14(12)24-15)25-17(26)10-5-6-10/h2-4,7-8,10H,5-6H2,1H3,(H,23,24)(H,22,25,26). The fourth-order valence-electron chi connectivity index (χ4n) is 2.93. The van der Waals surface area contributed by atoms with E-state index >= 15 is 0 Å². The van der Waals surface area contributed by atoms with Crippen LogP contribution >= 0.6 is 0 Å². The maximum Gasteiger partial charge on any atom is 0.417 e. The lowest BCUT2D eigenvalue weighted by atomic mass is 10.0. The van der Waals surface area contributed by atoms with Gasteiger partial charge in [-0.1, -0.05) is 12.1 Å². The van der Waals surface area contributed by atoms with Crippen LogP contribution in [0.25, 0.3) is 22.4 Å². The minimum atomic E-state index is -4.50. The van der Waals surface area contributed by atoms with Gasteiger partial charge in [0.15, 0.2) is 5.82 Å². The number of nitrogens with zero attached hydrogens (tertiary/aromatic N) is 2. The molecule has 1 aliphatic carbocycles. The predicted octanol–water partition coefficient (Wildman–Crippen LogP) is 4.30. The van der Waals surface area contributed by atoms with E-state index in [1.54, 1.807) is 19.1 Å². The van der Waals surface area contributed by atoms with Gasteiger partial charge >= 0.3 is 6.18 Å². The molecule has 0 saturated heterocycles. The predicted molar refractivity (Wildman–Crippen MR) is 90.4 cm³/mol. The second-order valence-electron chi connectivity index (χ2n) is 6.40. The van der Waals surface area contributed by atoms with Gasteiger partial charge in [-0.25, -0.2) is 9.97 Å². The molecule has 8 heteroatoms. The van der Waals surface area contributed by atoms with Crippen molar-refractivity contribution in [3.63, 3.8) is 0 Å². The minimum Gasteiger partial charge on any atom is -0.335 e. The molecule has 1 fully saturated rings. The molecule has 1 saturated carbocycles. The summed E-state index contributed by atoms with van der Waals surface area (Å²) in [6.07, 6.45) is -1.35. The van der Waals surface area contributed by atoms with Gasteiger partial charge in [0.2, 0.25) is 5.91 Å². The van der Waals surface area contributed by atoms with Gasteiger partial charge in [0.05, 0.1) is 11.1 Å². The zero-order chi connectivity index (χ0) is 18.5. The summed E-state index contributed by atoms with van der Waals surface area (Å²) in [6.45, 7) is 1.60. The second-order valence-corrected chi connectivity index (χ2v) is 6.40. The average molecular weight is 360 g/mol. The molecule has 1 aliphatic rings. The van der Waals surface area contributed by atoms with Gasteiger partial charge in [-0.3, -0.25) is 4.79 Å². The number of imidazole rings is 1. The summed E-state index contributed by atoms with van der Waals surface area (Å²) in [5.74, 6) is 0.233. The van der Waals surface area contributed by atoms with Crippen molar-refractivity contribution < 1.29 is 18.0 Å². The highest BCUT2D eigenvalue weighted by Gasteiger charge is 2.35. The molecule has 0 atom stereocenters. The molecule has 0 aliphatic heterocycles. The van der Waals surface area contributed by atoms with E-state index in [1.807, 2.05) is 0 Å². The number of benzene rings is 1. The average Bonchev–Trinajstić information content (AvgIpc) is 3.33. The lowest BCUT2D eigenvalue weighted by molar-refractivity contribution is -0.137. The third kappa shape index (κ3) is 2.91. The SMILES string of the molecule is Cc1cccc(C(F)(F)F)c1-c1nc2ccnc(NC(=O)C3CC3)c2[nH]1. The van der Waals surface area contributed by atoms with Crippen LogP contribution in [0.3, 0.4) is 0 Å². The van der Waals surface area contributed by atoms with E-state index in [0.29, 0.717) is 16.6 Å². The van der Waals surface area contributed by atoms with E-state index in [0.717, 1.165) is 18.9 Å². The smallest absolute Gasteiger partial charge is 0.335 e. The fourth-order valence-corrected chi connectivity index (χ4v) is 2.93. The van der Waals surface area contributed by atoms with Crippen molar-refractivity contribution >= 4 is 22.8 Å². The molecule has 1 aromatic carbocycles.